The number of aryl methyl sites for hydroxylation is 1. The predicted molar refractivity (Wildman–Crippen MR) is 111 cm³/mol. The van der Waals surface area contributed by atoms with E-state index in [9.17, 15) is 4.79 Å². The van der Waals surface area contributed by atoms with Gasteiger partial charge in [0.1, 0.15) is 11.1 Å². The Morgan fingerprint density at radius 1 is 1.19 bits per heavy atom. The highest BCUT2D eigenvalue weighted by Gasteiger charge is 2.19. The first kappa shape index (κ1) is 20.2. The Balaban J connectivity index is 1.72. The van der Waals surface area contributed by atoms with Crippen LogP contribution in [-0.2, 0) is 11.3 Å². The van der Waals surface area contributed by atoms with Crippen molar-refractivity contribution in [2.75, 3.05) is 5.32 Å². The number of anilines is 1. The monoisotopic (exact) mass is 489 g/mol. The molecule has 10 heteroatoms. The van der Waals surface area contributed by atoms with Gasteiger partial charge in [0.15, 0.2) is 5.82 Å². The van der Waals surface area contributed by atoms with Crippen molar-refractivity contribution >= 4 is 62.5 Å². The van der Waals surface area contributed by atoms with E-state index in [4.69, 9.17) is 34.8 Å². The number of hydrogen-bond donors (Lipinski definition) is 1. The molecule has 0 saturated heterocycles. The average Bonchev–Trinajstić information content (AvgIpc) is 3.12. The molecule has 0 spiro atoms. The molecule has 3 rings (SSSR count). The summed E-state index contributed by atoms with van der Waals surface area (Å²) in [5.74, 6) is 0.0169. The zero-order chi connectivity index (χ0) is 19.7. The third kappa shape index (κ3) is 4.66. The van der Waals surface area contributed by atoms with Crippen LogP contribution >= 0.6 is 50.7 Å². The first-order chi connectivity index (χ1) is 12.7. The second-order valence-corrected chi connectivity index (χ2v) is 8.06. The van der Waals surface area contributed by atoms with Crippen LogP contribution in [0.5, 0.6) is 0 Å². The number of rotatable bonds is 5. The number of halogens is 4. The van der Waals surface area contributed by atoms with Crippen LogP contribution in [-0.4, -0.2) is 25.5 Å². The second-order valence-electron chi connectivity index (χ2n) is 5.98. The smallest absolute Gasteiger partial charge is 0.250 e. The number of carbonyl (C=O) groups excluding carboxylic acids is 1. The average molecular weight is 492 g/mol. The highest BCUT2D eigenvalue weighted by molar-refractivity contribution is 9.10. The number of nitrogens with one attached hydrogen (secondary N) is 1. The molecule has 0 aliphatic heterocycles. The Morgan fingerprint density at radius 3 is 2.56 bits per heavy atom. The summed E-state index contributed by atoms with van der Waals surface area (Å²) >= 11 is 21.6. The fourth-order valence-electron chi connectivity index (χ4n) is 2.39. The van der Waals surface area contributed by atoms with Gasteiger partial charge in [0.2, 0.25) is 5.91 Å². The number of hydrogen-bond acceptors (Lipinski definition) is 3. The van der Waals surface area contributed by atoms with Crippen LogP contribution in [0.2, 0.25) is 15.1 Å². The number of benzene rings is 1. The molecule has 1 amide bonds. The molecule has 0 aliphatic carbocycles. The van der Waals surface area contributed by atoms with Crippen molar-refractivity contribution in [1.82, 2.24) is 19.6 Å². The molecule has 3 aromatic rings. The van der Waals surface area contributed by atoms with Crippen LogP contribution in [0.25, 0.3) is 0 Å². The molecule has 1 N–H and O–H groups in total. The van der Waals surface area contributed by atoms with Gasteiger partial charge < -0.3 is 5.32 Å². The summed E-state index contributed by atoms with van der Waals surface area (Å²) in [7, 11) is 0. The molecule has 0 aliphatic rings. The van der Waals surface area contributed by atoms with Crippen molar-refractivity contribution in [3.63, 3.8) is 0 Å². The van der Waals surface area contributed by atoms with E-state index in [1.165, 1.54) is 0 Å². The highest BCUT2D eigenvalue weighted by atomic mass is 79.9. The maximum atomic E-state index is 12.5. The van der Waals surface area contributed by atoms with E-state index in [-0.39, 0.29) is 11.7 Å². The minimum absolute atomic E-state index is 0.272. The summed E-state index contributed by atoms with van der Waals surface area (Å²) < 4.78 is 4.04. The molecule has 1 unspecified atom stereocenters. The topological polar surface area (TPSA) is 64.7 Å². The Labute approximate surface area is 179 Å². The third-order valence-electron chi connectivity index (χ3n) is 3.92. The van der Waals surface area contributed by atoms with E-state index >= 15 is 0 Å². The lowest BCUT2D eigenvalue weighted by atomic mass is 10.2. The minimum atomic E-state index is -0.522. The molecule has 2 heterocycles. The van der Waals surface area contributed by atoms with E-state index in [1.54, 1.807) is 40.8 Å². The fraction of sp³-hybridized carbons (Fsp3) is 0.235. The molecule has 142 valence electrons. The lowest BCUT2D eigenvalue weighted by molar-refractivity contribution is -0.119. The third-order valence-corrected chi connectivity index (χ3v) is 5.71. The fourth-order valence-corrected chi connectivity index (χ4v) is 3.19. The van der Waals surface area contributed by atoms with Crippen molar-refractivity contribution in [3.8, 4) is 0 Å². The Morgan fingerprint density at radius 2 is 1.93 bits per heavy atom. The molecule has 0 saturated carbocycles. The van der Waals surface area contributed by atoms with E-state index in [0.717, 1.165) is 15.7 Å². The van der Waals surface area contributed by atoms with Crippen molar-refractivity contribution in [2.45, 2.75) is 26.4 Å². The molecule has 0 radical (unpaired) electrons. The lowest BCUT2D eigenvalue weighted by Crippen LogP contribution is -2.24. The van der Waals surface area contributed by atoms with Gasteiger partial charge in [-0.1, -0.05) is 40.9 Å². The second kappa shape index (κ2) is 8.22. The van der Waals surface area contributed by atoms with Gasteiger partial charge in [-0.2, -0.15) is 10.2 Å². The summed E-state index contributed by atoms with van der Waals surface area (Å²) in [6, 6.07) is 4.81. The minimum Gasteiger partial charge on any atom is -0.306 e. The number of aromatic nitrogens is 4. The molecular formula is C17H15BrCl3N5O. The normalized spacial score (nSPS) is 12.2. The standard InChI is InChI=1S/C17H15BrCl3N5O/c1-9-12(18)7-26(23-9)10(2)17(27)22-16-15(21)8-25(24-16)6-11-3-4-13(19)14(20)5-11/h3-5,7-8,10H,6H2,1-2H3,(H,22,24,27). The molecule has 6 nitrogen and oxygen atoms in total. The van der Waals surface area contributed by atoms with Crippen molar-refractivity contribution in [2.24, 2.45) is 0 Å². The summed E-state index contributed by atoms with van der Waals surface area (Å²) in [4.78, 5) is 12.5. The zero-order valence-corrected chi connectivity index (χ0v) is 18.2. The summed E-state index contributed by atoms with van der Waals surface area (Å²) in [6.07, 6.45) is 3.39. The predicted octanol–water partition coefficient (Wildman–Crippen LogP) is 5.36. The van der Waals surface area contributed by atoms with Crippen LogP contribution in [0.3, 0.4) is 0 Å². The van der Waals surface area contributed by atoms with Gasteiger partial charge in [0, 0.05) is 12.4 Å². The van der Waals surface area contributed by atoms with Crippen LogP contribution in [0.15, 0.2) is 35.1 Å². The van der Waals surface area contributed by atoms with Crippen LogP contribution < -0.4 is 5.32 Å². The van der Waals surface area contributed by atoms with E-state index < -0.39 is 6.04 Å². The molecule has 1 aromatic carbocycles. The number of carbonyl (C=O) groups is 1. The lowest BCUT2D eigenvalue weighted by Gasteiger charge is -2.11. The zero-order valence-electron chi connectivity index (χ0n) is 14.4. The van der Waals surface area contributed by atoms with Crippen molar-refractivity contribution in [3.05, 3.63) is 61.4 Å². The highest BCUT2D eigenvalue weighted by Crippen LogP contribution is 2.25. The van der Waals surface area contributed by atoms with Gasteiger partial charge in [0.05, 0.1) is 26.8 Å². The van der Waals surface area contributed by atoms with E-state index in [0.29, 0.717) is 21.6 Å². The van der Waals surface area contributed by atoms with Gasteiger partial charge in [0.25, 0.3) is 0 Å². The SMILES string of the molecule is Cc1nn(C(C)C(=O)Nc2nn(Cc3ccc(Cl)c(Cl)c3)cc2Cl)cc1Br. The molecule has 0 fully saturated rings. The summed E-state index contributed by atoms with van der Waals surface area (Å²) in [5.41, 5.74) is 1.71. The Hall–Kier alpha value is -1.54. The van der Waals surface area contributed by atoms with Gasteiger partial charge in [-0.05, 0) is 47.5 Å². The first-order valence-electron chi connectivity index (χ1n) is 7.93. The Kier molecular flexibility index (Phi) is 6.15. The molecule has 27 heavy (non-hydrogen) atoms. The molecule has 1 atom stereocenters. The molecule has 2 aromatic heterocycles. The number of amides is 1. The maximum absolute atomic E-state index is 12.5. The number of nitrogens with zero attached hydrogens (tertiary/aromatic N) is 4. The summed E-state index contributed by atoms with van der Waals surface area (Å²) in [5, 5.41) is 12.7. The maximum Gasteiger partial charge on any atom is 0.250 e. The largest absolute Gasteiger partial charge is 0.306 e. The van der Waals surface area contributed by atoms with Crippen molar-refractivity contribution < 1.29 is 4.79 Å². The Bertz CT molecular complexity index is 981. The quantitative estimate of drug-likeness (QED) is 0.523. The van der Waals surface area contributed by atoms with Crippen LogP contribution in [0.4, 0.5) is 5.82 Å². The van der Waals surface area contributed by atoms with Gasteiger partial charge in [-0.25, -0.2) is 0 Å². The van der Waals surface area contributed by atoms with Crippen LogP contribution in [0, 0.1) is 6.92 Å². The van der Waals surface area contributed by atoms with Gasteiger partial charge >= 0.3 is 0 Å². The van der Waals surface area contributed by atoms with Crippen LogP contribution in [0.1, 0.15) is 24.2 Å². The first-order valence-corrected chi connectivity index (χ1v) is 9.86. The molecular weight excluding hydrogens is 476 g/mol. The van der Waals surface area contributed by atoms with Gasteiger partial charge in [-0.15, -0.1) is 0 Å². The van der Waals surface area contributed by atoms with Gasteiger partial charge in [-0.3, -0.25) is 14.2 Å². The van der Waals surface area contributed by atoms with E-state index in [1.807, 2.05) is 13.0 Å². The molecule has 0 bridgehead atoms. The summed E-state index contributed by atoms with van der Waals surface area (Å²) in [6.45, 7) is 4.04. The van der Waals surface area contributed by atoms with E-state index in [2.05, 4.69) is 31.4 Å². The van der Waals surface area contributed by atoms with Crippen molar-refractivity contribution in [1.29, 1.82) is 0 Å².